The van der Waals surface area contributed by atoms with Gasteiger partial charge in [-0.05, 0) is 42.4 Å². The highest BCUT2D eigenvalue weighted by Crippen LogP contribution is 2.36. The third kappa shape index (κ3) is 2.78. The van der Waals surface area contributed by atoms with Gasteiger partial charge in [-0.15, -0.1) is 0 Å². The maximum absolute atomic E-state index is 10.1. The fraction of sp³-hybridized carbons (Fsp3) is 0.615. The first-order valence-corrected chi connectivity index (χ1v) is 5.92. The summed E-state index contributed by atoms with van der Waals surface area (Å²) >= 11 is 0. The summed E-state index contributed by atoms with van der Waals surface area (Å²) in [6.07, 6.45) is 9.11. The molecule has 0 radical (unpaired) electrons. The summed E-state index contributed by atoms with van der Waals surface area (Å²) in [5.41, 5.74) is 2.26. The second-order valence-corrected chi connectivity index (χ2v) is 4.46. The second kappa shape index (κ2) is 4.75. The van der Waals surface area contributed by atoms with Crippen LogP contribution >= 0.6 is 0 Å². The average molecular weight is 205 g/mol. The molecule has 15 heavy (non-hydrogen) atoms. The van der Waals surface area contributed by atoms with Crippen molar-refractivity contribution >= 4 is 0 Å². The molecule has 1 aromatic heterocycles. The molecule has 0 bridgehead atoms. The van der Waals surface area contributed by atoms with Gasteiger partial charge in [-0.3, -0.25) is 4.98 Å². The van der Waals surface area contributed by atoms with Crippen molar-refractivity contribution in [2.75, 3.05) is 0 Å². The largest absolute Gasteiger partial charge is 0.388 e. The molecule has 0 amide bonds. The summed E-state index contributed by atoms with van der Waals surface area (Å²) in [4.78, 5) is 4.10. The molecule has 1 saturated carbocycles. The van der Waals surface area contributed by atoms with E-state index in [0.717, 1.165) is 24.3 Å². The van der Waals surface area contributed by atoms with E-state index in [1.54, 1.807) is 6.20 Å². The Bertz CT molecular complexity index is 320. The van der Waals surface area contributed by atoms with Gasteiger partial charge in [0.15, 0.2) is 0 Å². The van der Waals surface area contributed by atoms with Gasteiger partial charge in [0.2, 0.25) is 0 Å². The lowest BCUT2D eigenvalue weighted by Crippen LogP contribution is -2.02. The monoisotopic (exact) mass is 205 g/mol. The lowest BCUT2D eigenvalue weighted by atomic mass is 9.99. The molecular weight excluding hydrogens is 186 g/mol. The predicted octanol–water partition coefficient (Wildman–Crippen LogP) is 2.87. The van der Waals surface area contributed by atoms with E-state index in [-0.39, 0.29) is 6.10 Å². The summed E-state index contributed by atoms with van der Waals surface area (Å²) in [5.74, 6) is 0.895. The van der Waals surface area contributed by atoms with E-state index in [4.69, 9.17) is 0 Å². The quantitative estimate of drug-likeness (QED) is 0.801. The van der Waals surface area contributed by atoms with Crippen LogP contribution in [0.3, 0.4) is 0 Å². The van der Waals surface area contributed by atoms with Gasteiger partial charge < -0.3 is 5.11 Å². The number of pyridine rings is 1. The number of aliphatic hydroxyl groups is 1. The number of hydrogen-bond acceptors (Lipinski definition) is 2. The maximum Gasteiger partial charge on any atom is 0.0793 e. The van der Waals surface area contributed by atoms with Crippen LogP contribution in [0.5, 0.6) is 0 Å². The number of aryl methyl sites for hydroxylation is 1. The molecule has 82 valence electrons. The van der Waals surface area contributed by atoms with Crippen LogP contribution in [0.2, 0.25) is 0 Å². The standard InChI is InChI=1S/C13H19NO/c1-2-11-9-14-8-7-12(11)13(15)6-5-10-3-4-10/h7-10,13,15H,2-6H2,1H3. The molecule has 0 spiro atoms. The van der Waals surface area contributed by atoms with Gasteiger partial charge in [-0.2, -0.15) is 0 Å². The van der Waals surface area contributed by atoms with Crippen LogP contribution in [-0.2, 0) is 6.42 Å². The van der Waals surface area contributed by atoms with Gasteiger partial charge in [0, 0.05) is 12.4 Å². The Morgan fingerprint density at radius 3 is 3.00 bits per heavy atom. The average Bonchev–Trinajstić information content (AvgIpc) is 3.09. The lowest BCUT2D eigenvalue weighted by molar-refractivity contribution is 0.161. The SMILES string of the molecule is CCc1cnccc1C(O)CCC1CC1. The summed E-state index contributed by atoms with van der Waals surface area (Å²) < 4.78 is 0. The number of aromatic nitrogens is 1. The first-order chi connectivity index (χ1) is 7.31. The van der Waals surface area contributed by atoms with Gasteiger partial charge >= 0.3 is 0 Å². The summed E-state index contributed by atoms with van der Waals surface area (Å²) in [6, 6.07) is 1.95. The third-order valence-electron chi connectivity index (χ3n) is 3.23. The zero-order valence-corrected chi connectivity index (χ0v) is 9.32. The van der Waals surface area contributed by atoms with Gasteiger partial charge in [0.05, 0.1) is 6.10 Å². The minimum atomic E-state index is -0.288. The molecule has 1 fully saturated rings. The van der Waals surface area contributed by atoms with E-state index in [0.29, 0.717) is 0 Å². The highest BCUT2D eigenvalue weighted by molar-refractivity contribution is 5.25. The molecule has 0 aromatic carbocycles. The van der Waals surface area contributed by atoms with E-state index in [1.165, 1.54) is 24.8 Å². The minimum Gasteiger partial charge on any atom is -0.388 e. The van der Waals surface area contributed by atoms with Gasteiger partial charge in [-0.25, -0.2) is 0 Å². The summed E-state index contributed by atoms with van der Waals surface area (Å²) in [7, 11) is 0. The van der Waals surface area contributed by atoms with Crippen LogP contribution in [0.15, 0.2) is 18.5 Å². The molecule has 2 rings (SSSR count). The van der Waals surface area contributed by atoms with Crippen molar-refractivity contribution in [1.29, 1.82) is 0 Å². The number of aliphatic hydroxyl groups excluding tert-OH is 1. The van der Waals surface area contributed by atoms with Crippen LogP contribution in [0, 0.1) is 5.92 Å². The van der Waals surface area contributed by atoms with E-state index in [1.807, 2.05) is 12.3 Å². The van der Waals surface area contributed by atoms with E-state index in [9.17, 15) is 5.11 Å². The molecule has 1 N–H and O–H groups in total. The van der Waals surface area contributed by atoms with Gasteiger partial charge in [0.1, 0.15) is 0 Å². The molecule has 1 aliphatic rings. The Morgan fingerprint density at radius 2 is 2.33 bits per heavy atom. The number of nitrogens with zero attached hydrogens (tertiary/aromatic N) is 1. The fourth-order valence-corrected chi connectivity index (χ4v) is 2.01. The highest BCUT2D eigenvalue weighted by Gasteiger charge is 2.22. The van der Waals surface area contributed by atoms with E-state index < -0.39 is 0 Å². The summed E-state index contributed by atoms with van der Waals surface area (Å²) in [6.45, 7) is 2.11. The molecule has 1 aliphatic carbocycles. The Hall–Kier alpha value is -0.890. The smallest absolute Gasteiger partial charge is 0.0793 e. The fourth-order valence-electron chi connectivity index (χ4n) is 2.01. The van der Waals surface area contributed by atoms with Crippen molar-refractivity contribution in [3.63, 3.8) is 0 Å². The zero-order valence-electron chi connectivity index (χ0n) is 9.32. The normalized spacial score (nSPS) is 17.7. The van der Waals surface area contributed by atoms with Crippen LogP contribution in [-0.4, -0.2) is 10.1 Å². The lowest BCUT2D eigenvalue weighted by Gasteiger charge is -2.13. The minimum absolute atomic E-state index is 0.288. The zero-order chi connectivity index (χ0) is 10.7. The molecule has 1 aromatic rings. The molecule has 1 heterocycles. The Labute approximate surface area is 91.4 Å². The Kier molecular flexibility index (Phi) is 3.37. The molecule has 2 heteroatoms. The Morgan fingerprint density at radius 1 is 1.53 bits per heavy atom. The van der Waals surface area contributed by atoms with E-state index >= 15 is 0 Å². The van der Waals surface area contributed by atoms with Crippen molar-refractivity contribution in [3.8, 4) is 0 Å². The van der Waals surface area contributed by atoms with Crippen molar-refractivity contribution in [2.45, 2.75) is 45.1 Å². The molecule has 1 unspecified atom stereocenters. The molecule has 0 saturated heterocycles. The molecular formula is C13H19NO. The predicted molar refractivity (Wildman–Crippen MR) is 60.5 cm³/mol. The van der Waals surface area contributed by atoms with Crippen LogP contribution in [0.1, 0.15) is 49.8 Å². The van der Waals surface area contributed by atoms with Crippen molar-refractivity contribution < 1.29 is 5.11 Å². The molecule has 1 atom stereocenters. The highest BCUT2D eigenvalue weighted by atomic mass is 16.3. The Balaban J connectivity index is 1.98. The van der Waals surface area contributed by atoms with Crippen molar-refractivity contribution in [2.24, 2.45) is 5.92 Å². The maximum atomic E-state index is 10.1. The van der Waals surface area contributed by atoms with Gasteiger partial charge in [-0.1, -0.05) is 19.8 Å². The van der Waals surface area contributed by atoms with E-state index in [2.05, 4.69) is 11.9 Å². The van der Waals surface area contributed by atoms with Crippen LogP contribution < -0.4 is 0 Å². The topological polar surface area (TPSA) is 33.1 Å². The number of rotatable bonds is 5. The second-order valence-electron chi connectivity index (χ2n) is 4.46. The summed E-state index contributed by atoms with van der Waals surface area (Å²) in [5, 5.41) is 10.1. The first-order valence-electron chi connectivity index (χ1n) is 5.92. The molecule has 0 aliphatic heterocycles. The van der Waals surface area contributed by atoms with Gasteiger partial charge in [0.25, 0.3) is 0 Å². The van der Waals surface area contributed by atoms with Crippen LogP contribution in [0.25, 0.3) is 0 Å². The third-order valence-corrected chi connectivity index (χ3v) is 3.23. The van der Waals surface area contributed by atoms with Crippen LogP contribution in [0.4, 0.5) is 0 Å². The van der Waals surface area contributed by atoms with Crippen molar-refractivity contribution in [1.82, 2.24) is 4.98 Å². The number of hydrogen-bond donors (Lipinski definition) is 1. The van der Waals surface area contributed by atoms with Crippen molar-refractivity contribution in [3.05, 3.63) is 29.6 Å². The molecule has 2 nitrogen and oxygen atoms in total. The first kappa shape index (κ1) is 10.6.